The molecule has 0 aliphatic carbocycles. The molecule has 6 nitrogen and oxygen atoms in total. The summed E-state index contributed by atoms with van der Waals surface area (Å²) in [5.41, 5.74) is 2.99. The molecule has 90 valence electrons. The molecule has 0 unspecified atom stereocenters. The van der Waals surface area contributed by atoms with E-state index in [0.717, 1.165) is 23.5 Å². The van der Waals surface area contributed by atoms with Gasteiger partial charge in [0.25, 0.3) is 0 Å². The van der Waals surface area contributed by atoms with E-state index in [2.05, 4.69) is 15.4 Å². The van der Waals surface area contributed by atoms with Gasteiger partial charge >= 0.3 is 0 Å². The van der Waals surface area contributed by atoms with Crippen molar-refractivity contribution in [1.29, 1.82) is 0 Å². The van der Waals surface area contributed by atoms with Gasteiger partial charge in [0.05, 0.1) is 17.6 Å². The van der Waals surface area contributed by atoms with Gasteiger partial charge in [-0.1, -0.05) is 12.1 Å². The van der Waals surface area contributed by atoms with Crippen LogP contribution < -0.4 is 0 Å². The molecule has 0 saturated heterocycles. The Bertz CT molecular complexity index is 566. The van der Waals surface area contributed by atoms with Crippen molar-refractivity contribution < 1.29 is 4.79 Å². The van der Waals surface area contributed by atoms with Gasteiger partial charge in [0.2, 0.25) is 0 Å². The SMILES string of the molecule is CCc1nn(C)cc1-n1nnc(C(C)=O)c1C. The molecule has 0 saturated carbocycles. The van der Waals surface area contributed by atoms with Crippen molar-refractivity contribution in [1.82, 2.24) is 24.8 Å². The van der Waals surface area contributed by atoms with E-state index < -0.39 is 0 Å². The number of rotatable bonds is 3. The van der Waals surface area contributed by atoms with E-state index in [0.29, 0.717) is 5.69 Å². The molecular formula is C11H15N5O. The van der Waals surface area contributed by atoms with Gasteiger partial charge in [-0.15, -0.1) is 5.10 Å². The molecule has 2 aromatic rings. The van der Waals surface area contributed by atoms with Crippen LogP contribution in [0.15, 0.2) is 6.20 Å². The molecule has 0 amide bonds. The minimum Gasteiger partial charge on any atom is -0.293 e. The Morgan fingerprint density at radius 3 is 2.71 bits per heavy atom. The van der Waals surface area contributed by atoms with Crippen LogP contribution in [0.4, 0.5) is 0 Å². The van der Waals surface area contributed by atoms with E-state index >= 15 is 0 Å². The van der Waals surface area contributed by atoms with Crippen LogP contribution >= 0.6 is 0 Å². The molecule has 0 aliphatic heterocycles. The van der Waals surface area contributed by atoms with E-state index in [1.165, 1.54) is 6.92 Å². The number of nitrogens with zero attached hydrogens (tertiary/aromatic N) is 5. The maximum Gasteiger partial charge on any atom is 0.181 e. The van der Waals surface area contributed by atoms with Crippen molar-refractivity contribution in [3.8, 4) is 5.69 Å². The number of hydrogen-bond acceptors (Lipinski definition) is 4. The zero-order chi connectivity index (χ0) is 12.6. The second-order valence-electron chi connectivity index (χ2n) is 3.98. The zero-order valence-corrected chi connectivity index (χ0v) is 10.4. The van der Waals surface area contributed by atoms with Crippen LogP contribution in [0.2, 0.25) is 0 Å². The summed E-state index contributed by atoms with van der Waals surface area (Å²) < 4.78 is 3.41. The fourth-order valence-electron chi connectivity index (χ4n) is 1.83. The van der Waals surface area contributed by atoms with Crippen LogP contribution in [0, 0.1) is 6.92 Å². The van der Waals surface area contributed by atoms with Gasteiger partial charge in [0.1, 0.15) is 5.69 Å². The van der Waals surface area contributed by atoms with Gasteiger partial charge in [-0.05, 0) is 13.3 Å². The van der Waals surface area contributed by atoms with E-state index in [1.54, 1.807) is 9.36 Å². The summed E-state index contributed by atoms with van der Waals surface area (Å²) in [6.45, 7) is 5.36. The highest BCUT2D eigenvalue weighted by Gasteiger charge is 2.17. The summed E-state index contributed by atoms with van der Waals surface area (Å²) in [7, 11) is 1.86. The maximum absolute atomic E-state index is 11.3. The Morgan fingerprint density at radius 2 is 2.18 bits per heavy atom. The lowest BCUT2D eigenvalue weighted by Crippen LogP contribution is -2.02. The van der Waals surface area contributed by atoms with Crippen molar-refractivity contribution in [2.24, 2.45) is 7.05 Å². The molecule has 0 N–H and O–H groups in total. The second-order valence-corrected chi connectivity index (χ2v) is 3.98. The molecule has 0 aromatic carbocycles. The van der Waals surface area contributed by atoms with Gasteiger partial charge in [0.15, 0.2) is 11.5 Å². The minimum atomic E-state index is -0.0734. The lowest BCUT2D eigenvalue weighted by atomic mass is 10.2. The van der Waals surface area contributed by atoms with Crippen LogP contribution in [0.3, 0.4) is 0 Å². The lowest BCUT2D eigenvalue weighted by molar-refractivity contribution is 0.101. The zero-order valence-electron chi connectivity index (χ0n) is 10.4. The highest BCUT2D eigenvalue weighted by molar-refractivity contribution is 5.93. The highest BCUT2D eigenvalue weighted by atomic mass is 16.1. The smallest absolute Gasteiger partial charge is 0.181 e. The van der Waals surface area contributed by atoms with Crippen LogP contribution in [-0.4, -0.2) is 30.6 Å². The Morgan fingerprint density at radius 1 is 1.47 bits per heavy atom. The molecular weight excluding hydrogens is 218 g/mol. The van der Waals surface area contributed by atoms with Crippen molar-refractivity contribution >= 4 is 5.78 Å². The summed E-state index contributed by atoms with van der Waals surface area (Å²) in [6.07, 6.45) is 2.69. The molecule has 0 aliphatic rings. The Hall–Kier alpha value is -1.98. The third-order valence-electron chi connectivity index (χ3n) is 2.67. The summed E-state index contributed by atoms with van der Waals surface area (Å²) >= 11 is 0. The van der Waals surface area contributed by atoms with Gasteiger partial charge in [-0.25, -0.2) is 4.68 Å². The van der Waals surface area contributed by atoms with E-state index in [4.69, 9.17) is 0 Å². The van der Waals surface area contributed by atoms with Crippen LogP contribution in [0.5, 0.6) is 0 Å². The van der Waals surface area contributed by atoms with E-state index in [-0.39, 0.29) is 5.78 Å². The first kappa shape index (κ1) is 11.5. The number of hydrogen-bond donors (Lipinski definition) is 0. The van der Waals surface area contributed by atoms with Crippen molar-refractivity contribution in [2.45, 2.75) is 27.2 Å². The standard InChI is InChI=1S/C11H15N5O/c1-5-9-10(6-15(4)13-9)16-7(2)11(8(3)17)12-14-16/h6H,5H2,1-4H3. The fraction of sp³-hybridized carbons (Fsp3) is 0.455. The number of Topliss-reactive ketones (excluding diaryl/α,β-unsaturated/α-hetero) is 1. The lowest BCUT2D eigenvalue weighted by Gasteiger charge is -2.01. The summed E-state index contributed by atoms with van der Waals surface area (Å²) in [5, 5.41) is 12.3. The topological polar surface area (TPSA) is 65.6 Å². The first-order valence-corrected chi connectivity index (χ1v) is 5.50. The second kappa shape index (κ2) is 4.12. The summed E-state index contributed by atoms with van der Waals surface area (Å²) in [6, 6.07) is 0. The minimum absolute atomic E-state index is 0.0734. The number of carbonyl (C=O) groups excluding carboxylic acids is 1. The summed E-state index contributed by atoms with van der Waals surface area (Å²) in [4.78, 5) is 11.3. The molecule has 2 aromatic heterocycles. The first-order chi connectivity index (χ1) is 8.04. The number of aromatic nitrogens is 5. The third kappa shape index (κ3) is 1.86. The van der Waals surface area contributed by atoms with Crippen molar-refractivity contribution in [3.05, 3.63) is 23.3 Å². The van der Waals surface area contributed by atoms with Crippen LogP contribution in [-0.2, 0) is 13.5 Å². The normalized spacial score (nSPS) is 10.8. The maximum atomic E-state index is 11.3. The molecule has 6 heteroatoms. The molecule has 17 heavy (non-hydrogen) atoms. The fourth-order valence-corrected chi connectivity index (χ4v) is 1.83. The molecule has 0 bridgehead atoms. The van der Waals surface area contributed by atoms with Gasteiger partial charge in [0, 0.05) is 14.0 Å². The largest absolute Gasteiger partial charge is 0.293 e. The highest BCUT2D eigenvalue weighted by Crippen LogP contribution is 2.16. The van der Waals surface area contributed by atoms with E-state index in [9.17, 15) is 4.79 Å². The quantitative estimate of drug-likeness (QED) is 0.744. The molecule has 0 spiro atoms. The molecule has 2 rings (SSSR count). The third-order valence-corrected chi connectivity index (χ3v) is 2.67. The van der Waals surface area contributed by atoms with Crippen LogP contribution in [0.25, 0.3) is 5.69 Å². The molecule has 0 atom stereocenters. The number of ketones is 1. The Labute approximate surface area is 99.2 Å². The molecule has 2 heterocycles. The number of carbonyl (C=O) groups is 1. The predicted octanol–water partition coefficient (Wildman–Crippen LogP) is 1.07. The predicted molar refractivity (Wildman–Crippen MR) is 62.2 cm³/mol. The Balaban J connectivity index is 2.56. The van der Waals surface area contributed by atoms with Gasteiger partial charge in [-0.3, -0.25) is 9.48 Å². The van der Waals surface area contributed by atoms with E-state index in [1.807, 2.05) is 27.1 Å². The van der Waals surface area contributed by atoms with Crippen LogP contribution in [0.1, 0.15) is 35.7 Å². The monoisotopic (exact) mass is 233 g/mol. The van der Waals surface area contributed by atoms with Crippen molar-refractivity contribution in [3.63, 3.8) is 0 Å². The average Bonchev–Trinajstić information content (AvgIpc) is 2.81. The first-order valence-electron chi connectivity index (χ1n) is 5.50. The van der Waals surface area contributed by atoms with Gasteiger partial charge < -0.3 is 0 Å². The average molecular weight is 233 g/mol. The number of aryl methyl sites for hydroxylation is 2. The van der Waals surface area contributed by atoms with Gasteiger partial charge in [-0.2, -0.15) is 5.10 Å². The molecule has 0 fully saturated rings. The summed E-state index contributed by atoms with van der Waals surface area (Å²) in [5.74, 6) is -0.0734. The molecule has 0 radical (unpaired) electrons. The Kier molecular flexibility index (Phi) is 2.79. The van der Waals surface area contributed by atoms with Crippen molar-refractivity contribution in [2.75, 3.05) is 0 Å².